The van der Waals surface area contributed by atoms with Crippen molar-refractivity contribution in [1.29, 1.82) is 0 Å². The zero-order chi connectivity index (χ0) is 60.9. The standard InChI is InChI=1S/C71H81B2N5O6Si.CH4/c1-47(2)67(79)27-18-19-37-77(43-52-21-12-16-25-65(52)72(81)82)46-64-57-24-15-14-23-56(57)63(45-78(38-20-36-74-71(80)48(3)4)44-53-22-13-17-26-66(53)73(83)84)58-33-30-51(40-62(58)64)50-29-28-49(5)61(39-50)70-59-34-31-54(75(6)7)41-68(59)85(10,11)69-42-55(76(8)9)32-35-60(69)70;/h12-17,21-26,28-35,39-42,81-84H,1,3,18-20,27,36-38,43-46H2,2,4-11H3;1H4/p+1. The maximum absolute atomic E-state index is 12.8. The van der Waals surface area contributed by atoms with E-state index in [9.17, 15) is 29.7 Å². The Balaban J connectivity index is 0.00000961. The SMILES string of the molecule is C.C=C(C)C(=O)CCCCN(Cc1ccccc1B(O)O)Cc1c2ccccc2c(CN(CCCNC(=O)C(=C)C)Cc2ccccc2B(O)O)c2ccc(-c3ccc(C)c(C4=C5C=CC(=[N+](C)C)C=C5[Si](C)(C)c5cc(N(C)C)ccc54)c3)cc12. The molecule has 1 aliphatic carbocycles. The van der Waals surface area contributed by atoms with E-state index in [0.29, 0.717) is 87.1 Å². The summed E-state index contributed by atoms with van der Waals surface area (Å²) in [6.45, 7) is 21.9. The van der Waals surface area contributed by atoms with Crippen LogP contribution in [-0.4, -0.2) is 122 Å². The van der Waals surface area contributed by atoms with Crippen molar-refractivity contribution in [2.75, 3.05) is 52.7 Å². The Morgan fingerprint density at radius 3 is 1.77 bits per heavy atom. The Kier molecular flexibility index (Phi) is 20.9. The number of hydrogen-bond acceptors (Lipinski definition) is 9. The molecule has 1 amide bonds. The summed E-state index contributed by atoms with van der Waals surface area (Å²) in [4.78, 5) is 32.4. The lowest BCUT2D eigenvalue weighted by Crippen LogP contribution is -2.49. The van der Waals surface area contributed by atoms with Gasteiger partial charge in [0.2, 0.25) is 5.91 Å². The van der Waals surface area contributed by atoms with Crippen LogP contribution in [0.1, 0.15) is 85.9 Å². The van der Waals surface area contributed by atoms with Gasteiger partial charge in [-0.05, 0) is 187 Å². The Morgan fingerprint density at radius 2 is 1.19 bits per heavy atom. The van der Waals surface area contributed by atoms with Crippen LogP contribution in [0.4, 0.5) is 5.69 Å². The number of anilines is 1. The molecule has 14 heteroatoms. The fraction of sp³-hybridized carbons (Fsp3) is 0.292. The van der Waals surface area contributed by atoms with Crippen molar-refractivity contribution in [2.45, 2.75) is 93.2 Å². The summed E-state index contributed by atoms with van der Waals surface area (Å²) in [5.74, 6) is -0.135. The summed E-state index contributed by atoms with van der Waals surface area (Å²) in [6, 6.07) is 44.3. The number of nitrogens with zero attached hydrogens (tertiary/aromatic N) is 4. The molecule has 9 rings (SSSR count). The third-order valence-corrected chi connectivity index (χ3v) is 20.7. The molecule has 0 spiro atoms. The van der Waals surface area contributed by atoms with Gasteiger partial charge in [0.1, 0.15) is 22.2 Å². The summed E-state index contributed by atoms with van der Waals surface area (Å²) < 4.78 is 2.20. The lowest BCUT2D eigenvalue weighted by Gasteiger charge is -2.38. The van der Waals surface area contributed by atoms with E-state index in [1.54, 1.807) is 26.0 Å². The lowest BCUT2D eigenvalue weighted by atomic mass is 9.77. The summed E-state index contributed by atoms with van der Waals surface area (Å²) in [5.41, 5.74) is 16.4. The van der Waals surface area contributed by atoms with Gasteiger partial charge in [-0.2, -0.15) is 0 Å². The van der Waals surface area contributed by atoms with Crippen molar-refractivity contribution in [1.82, 2.24) is 15.1 Å². The van der Waals surface area contributed by atoms with Crippen LogP contribution < -0.4 is 26.3 Å². The number of allylic oxidation sites excluding steroid dienone is 6. The number of amides is 1. The summed E-state index contributed by atoms with van der Waals surface area (Å²) in [7, 11) is 2.92. The largest absolute Gasteiger partial charge is 0.488 e. The first kappa shape index (κ1) is 64.5. The molecule has 444 valence electrons. The zero-order valence-corrected chi connectivity index (χ0v) is 52.1. The molecule has 0 fully saturated rings. The number of nitrogens with one attached hydrogen (secondary N) is 1. The van der Waals surface area contributed by atoms with Gasteiger partial charge in [0.25, 0.3) is 0 Å². The average Bonchev–Trinajstić information content (AvgIpc) is 0.753. The quantitative estimate of drug-likeness (QED) is 0.0132. The van der Waals surface area contributed by atoms with Crippen molar-refractivity contribution in [3.8, 4) is 11.1 Å². The molecule has 0 saturated carbocycles. The lowest BCUT2D eigenvalue weighted by molar-refractivity contribution is -0.462. The number of rotatable bonds is 24. The van der Waals surface area contributed by atoms with E-state index >= 15 is 0 Å². The smallest absolute Gasteiger partial charge is 0.423 e. The van der Waals surface area contributed by atoms with Gasteiger partial charge in [-0.1, -0.05) is 137 Å². The number of carbonyl (C=O) groups excluding carboxylic acids is 2. The fourth-order valence-corrected chi connectivity index (χ4v) is 15.4. The van der Waals surface area contributed by atoms with Gasteiger partial charge in [0.15, 0.2) is 11.5 Å². The van der Waals surface area contributed by atoms with Crippen LogP contribution in [0.25, 0.3) is 38.2 Å². The molecule has 2 aliphatic rings. The van der Waals surface area contributed by atoms with Crippen LogP contribution >= 0.6 is 0 Å². The van der Waals surface area contributed by atoms with E-state index in [0.717, 1.165) is 61.3 Å². The second-order valence-corrected chi connectivity index (χ2v) is 28.5. The second-order valence-electron chi connectivity index (χ2n) is 24.2. The maximum atomic E-state index is 12.8. The predicted octanol–water partition coefficient (Wildman–Crippen LogP) is 9.91. The minimum Gasteiger partial charge on any atom is -0.423 e. The predicted molar refractivity (Wildman–Crippen MR) is 363 cm³/mol. The number of fused-ring (bicyclic) bond motifs is 4. The maximum Gasteiger partial charge on any atom is 0.488 e. The highest BCUT2D eigenvalue weighted by atomic mass is 28.3. The van der Waals surface area contributed by atoms with Crippen LogP contribution in [0.15, 0.2) is 181 Å². The third-order valence-electron chi connectivity index (χ3n) is 17.2. The Morgan fingerprint density at radius 1 is 0.628 bits per heavy atom. The molecule has 0 unspecified atom stereocenters. The number of Topliss-reactive ketones (excluding diaryl/α,β-unsaturated/α-hetero) is 1. The Labute approximate surface area is 512 Å². The minimum absolute atomic E-state index is 0. The van der Waals surface area contributed by atoms with E-state index in [1.165, 1.54) is 49.6 Å². The van der Waals surface area contributed by atoms with E-state index in [-0.39, 0.29) is 19.1 Å². The van der Waals surface area contributed by atoms with E-state index in [2.05, 4.69) is 183 Å². The van der Waals surface area contributed by atoms with Gasteiger partial charge in [-0.25, -0.2) is 4.58 Å². The van der Waals surface area contributed by atoms with Crippen LogP contribution in [0.5, 0.6) is 0 Å². The van der Waals surface area contributed by atoms with Gasteiger partial charge < -0.3 is 30.3 Å². The van der Waals surface area contributed by atoms with Crippen LogP contribution in [0.2, 0.25) is 13.1 Å². The van der Waals surface area contributed by atoms with E-state index < -0.39 is 22.3 Å². The Bertz CT molecular complexity index is 3870. The van der Waals surface area contributed by atoms with E-state index in [1.807, 2.05) is 36.4 Å². The normalized spacial score (nSPS) is 13.3. The van der Waals surface area contributed by atoms with Gasteiger partial charge in [0.05, 0.1) is 0 Å². The van der Waals surface area contributed by atoms with Crippen LogP contribution in [0.3, 0.4) is 0 Å². The number of aryl methyl sites for hydroxylation is 1. The van der Waals surface area contributed by atoms with Crippen molar-refractivity contribution < 1.29 is 34.3 Å². The molecule has 1 heterocycles. The molecule has 0 radical (unpaired) electrons. The monoisotopic (exact) mass is 1170 g/mol. The minimum atomic E-state index is -2.22. The van der Waals surface area contributed by atoms with Gasteiger partial charge in [-0.3, -0.25) is 19.4 Å². The first-order valence-corrected chi connectivity index (χ1v) is 32.7. The zero-order valence-electron chi connectivity index (χ0n) is 51.1. The molecular formula is C72H86B2N5O6Si+. The molecule has 7 aromatic carbocycles. The fourth-order valence-electron chi connectivity index (χ4n) is 12.3. The molecule has 0 atom stereocenters. The highest BCUT2D eigenvalue weighted by Gasteiger charge is 2.41. The molecule has 7 aromatic rings. The van der Waals surface area contributed by atoms with Crippen molar-refractivity contribution >= 4 is 88.6 Å². The number of carbonyl (C=O) groups is 2. The van der Waals surface area contributed by atoms with Crippen LogP contribution in [0, 0.1) is 6.92 Å². The molecule has 0 saturated heterocycles. The van der Waals surface area contributed by atoms with Gasteiger partial charge >= 0.3 is 14.2 Å². The van der Waals surface area contributed by atoms with Crippen LogP contribution in [-0.2, 0) is 35.8 Å². The average molecular weight is 1170 g/mol. The molecule has 1 aliphatic heterocycles. The van der Waals surface area contributed by atoms with E-state index in [4.69, 9.17) is 0 Å². The molecule has 86 heavy (non-hydrogen) atoms. The highest BCUT2D eigenvalue weighted by Crippen LogP contribution is 2.44. The first-order chi connectivity index (χ1) is 40.6. The number of benzene rings is 7. The number of hydrogen-bond donors (Lipinski definition) is 5. The number of unbranched alkanes of at least 4 members (excludes halogenated alkanes) is 1. The molecular weight excluding hydrogens is 1080 g/mol. The Hall–Kier alpha value is -7.52. The van der Waals surface area contributed by atoms with Crippen molar-refractivity contribution in [3.05, 3.63) is 220 Å². The summed E-state index contributed by atoms with van der Waals surface area (Å²) in [6.07, 6.45) is 9.46. The number of ketones is 1. The van der Waals surface area contributed by atoms with Crippen molar-refractivity contribution in [3.63, 3.8) is 0 Å². The molecule has 0 aromatic heterocycles. The third kappa shape index (κ3) is 14.1. The molecule has 11 nitrogen and oxygen atoms in total. The van der Waals surface area contributed by atoms with Gasteiger partial charge in [-0.15, -0.1) is 0 Å². The van der Waals surface area contributed by atoms with Crippen molar-refractivity contribution in [2.24, 2.45) is 0 Å². The summed E-state index contributed by atoms with van der Waals surface area (Å²) in [5, 5.41) is 52.6. The summed E-state index contributed by atoms with van der Waals surface area (Å²) >= 11 is 0. The topological polar surface area (TPSA) is 140 Å². The molecule has 5 N–H and O–H groups in total. The highest BCUT2D eigenvalue weighted by molar-refractivity contribution is 6.98. The second kappa shape index (κ2) is 27.9. The van der Waals surface area contributed by atoms with Gasteiger partial charge in [0, 0.05) is 83.2 Å². The first-order valence-electron chi connectivity index (χ1n) is 29.7. The molecule has 0 bridgehead atoms.